The highest BCUT2D eigenvalue weighted by atomic mass is 16.5. The van der Waals surface area contributed by atoms with Crippen molar-refractivity contribution in [1.29, 1.82) is 0 Å². The van der Waals surface area contributed by atoms with Crippen LogP contribution in [0.1, 0.15) is 20.3 Å². The molecular formula is C16H24N2O9. The fourth-order valence-corrected chi connectivity index (χ4v) is 3.05. The molecule has 1 heterocycles. The molecule has 1 aliphatic rings. The van der Waals surface area contributed by atoms with Crippen molar-refractivity contribution in [3.8, 4) is 0 Å². The number of hydrogen-bond donors (Lipinski definition) is 3. The van der Waals surface area contributed by atoms with E-state index in [0.29, 0.717) is 0 Å². The third-order valence-corrected chi connectivity index (χ3v) is 4.51. The van der Waals surface area contributed by atoms with Crippen LogP contribution in [0.5, 0.6) is 0 Å². The molecule has 27 heavy (non-hydrogen) atoms. The van der Waals surface area contributed by atoms with Gasteiger partial charge in [0.2, 0.25) is 11.8 Å². The molecule has 0 aromatic carbocycles. The molecule has 1 saturated heterocycles. The molecule has 1 fully saturated rings. The van der Waals surface area contributed by atoms with E-state index in [1.54, 1.807) is 0 Å². The van der Waals surface area contributed by atoms with E-state index < -0.39 is 59.7 Å². The van der Waals surface area contributed by atoms with Gasteiger partial charge < -0.3 is 29.9 Å². The Hall–Kier alpha value is -2.69. The first kappa shape index (κ1) is 22.4. The molecule has 0 saturated carbocycles. The number of rotatable bonds is 7. The Morgan fingerprint density at radius 1 is 1.11 bits per heavy atom. The van der Waals surface area contributed by atoms with Gasteiger partial charge in [-0.25, -0.2) is 4.79 Å². The molecule has 0 bridgehead atoms. The Kier molecular flexibility index (Phi) is 7.70. The third-order valence-electron chi connectivity index (χ3n) is 4.51. The number of ether oxygens (including phenoxy) is 2. The van der Waals surface area contributed by atoms with E-state index >= 15 is 0 Å². The number of aliphatic hydroxyl groups is 1. The molecule has 152 valence electrons. The number of carbonyl (C=O) groups excluding carboxylic acids is 4. The van der Waals surface area contributed by atoms with Crippen molar-refractivity contribution < 1.29 is 43.7 Å². The largest absolute Gasteiger partial charge is 0.480 e. The van der Waals surface area contributed by atoms with Crippen molar-refractivity contribution in [3.05, 3.63) is 0 Å². The molecule has 11 nitrogen and oxygen atoms in total. The lowest BCUT2D eigenvalue weighted by molar-refractivity contribution is -0.163. The Labute approximate surface area is 155 Å². The highest BCUT2D eigenvalue weighted by Crippen LogP contribution is 2.22. The van der Waals surface area contributed by atoms with E-state index in [-0.39, 0.29) is 13.0 Å². The third kappa shape index (κ3) is 5.16. The zero-order valence-corrected chi connectivity index (χ0v) is 15.5. The van der Waals surface area contributed by atoms with Crippen molar-refractivity contribution in [3.63, 3.8) is 0 Å². The Balaban J connectivity index is 3.05. The molecule has 3 N–H and O–H groups in total. The maximum absolute atomic E-state index is 12.5. The standard InChI is InChI=1S/C16H24N2O9/c1-7(11(15(24)26-3)16(25)27-4)12(14(22)23)17-13(21)10-5-9(20)6-18(10)8(2)19/h7,9-12,20H,5-6H2,1-4H3,(H,17,21)(H,22,23)/t7-,9-,10+,12+/m1/s1. The van der Waals surface area contributed by atoms with E-state index in [9.17, 15) is 34.2 Å². The van der Waals surface area contributed by atoms with Gasteiger partial charge in [0.15, 0.2) is 5.92 Å². The van der Waals surface area contributed by atoms with Gasteiger partial charge in [-0.1, -0.05) is 6.92 Å². The van der Waals surface area contributed by atoms with Crippen LogP contribution in [-0.2, 0) is 33.4 Å². The first-order chi connectivity index (χ1) is 12.5. The van der Waals surface area contributed by atoms with Crippen molar-refractivity contribution >= 4 is 29.7 Å². The number of β-amino-alcohol motifs (C(OH)–C–C–N with tert-alkyl or cyclic N) is 1. The summed E-state index contributed by atoms with van der Waals surface area (Å²) in [4.78, 5) is 60.7. The average molecular weight is 388 g/mol. The molecule has 0 aromatic heterocycles. The molecule has 0 unspecified atom stereocenters. The van der Waals surface area contributed by atoms with E-state index in [1.165, 1.54) is 13.8 Å². The van der Waals surface area contributed by atoms with Crippen LogP contribution in [0.2, 0.25) is 0 Å². The lowest BCUT2D eigenvalue weighted by Crippen LogP contribution is -2.55. The molecule has 4 atom stereocenters. The number of hydrogen-bond acceptors (Lipinski definition) is 8. The molecule has 0 radical (unpaired) electrons. The summed E-state index contributed by atoms with van der Waals surface area (Å²) in [5.41, 5.74) is 0. The van der Waals surface area contributed by atoms with Gasteiger partial charge in [-0.05, 0) is 0 Å². The zero-order chi connectivity index (χ0) is 20.9. The molecule has 2 amide bonds. The van der Waals surface area contributed by atoms with Gasteiger partial charge in [0.1, 0.15) is 12.1 Å². The first-order valence-corrected chi connectivity index (χ1v) is 8.19. The predicted octanol–water partition coefficient (Wildman–Crippen LogP) is -1.86. The highest BCUT2D eigenvalue weighted by Gasteiger charge is 2.44. The summed E-state index contributed by atoms with van der Waals surface area (Å²) in [6, 6.07) is -2.69. The monoisotopic (exact) mass is 388 g/mol. The lowest BCUT2D eigenvalue weighted by atomic mass is 9.87. The number of nitrogens with zero attached hydrogens (tertiary/aromatic N) is 1. The molecule has 0 aliphatic carbocycles. The number of carbonyl (C=O) groups is 5. The van der Waals surface area contributed by atoms with E-state index in [2.05, 4.69) is 14.8 Å². The van der Waals surface area contributed by atoms with Crippen LogP contribution in [0.4, 0.5) is 0 Å². The molecular weight excluding hydrogens is 364 g/mol. The minimum Gasteiger partial charge on any atom is -0.480 e. The predicted molar refractivity (Wildman–Crippen MR) is 88.1 cm³/mol. The Morgan fingerprint density at radius 2 is 1.63 bits per heavy atom. The van der Waals surface area contributed by atoms with Crippen LogP contribution in [-0.4, -0.2) is 83.8 Å². The number of carboxylic acids is 1. The van der Waals surface area contributed by atoms with Gasteiger partial charge in [-0.2, -0.15) is 0 Å². The summed E-state index contributed by atoms with van der Waals surface area (Å²) < 4.78 is 9.04. The maximum Gasteiger partial charge on any atom is 0.326 e. The molecule has 0 aromatic rings. The number of likely N-dealkylation sites (tertiary alicyclic amines) is 1. The number of aliphatic hydroxyl groups excluding tert-OH is 1. The van der Waals surface area contributed by atoms with Gasteiger partial charge in [0.05, 0.1) is 20.3 Å². The number of esters is 2. The fraction of sp³-hybridized carbons (Fsp3) is 0.688. The fourth-order valence-electron chi connectivity index (χ4n) is 3.05. The minimum absolute atomic E-state index is 0.0480. The van der Waals surface area contributed by atoms with Crippen LogP contribution in [0.3, 0.4) is 0 Å². The van der Waals surface area contributed by atoms with Crippen molar-refractivity contribution in [2.24, 2.45) is 11.8 Å². The van der Waals surface area contributed by atoms with Gasteiger partial charge in [-0.3, -0.25) is 19.2 Å². The summed E-state index contributed by atoms with van der Waals surface area (Å²) in [5.74, 6) is -7.53. The van der Waals surface area contributed by atoms with Crippen molar-refractivity contribution in [2.45, 2.75) is 38.5 Å². The van der Waals surface area contributed by atoms with Crippen LogP contribution in [0.25, 0.3) is 0 Å². The normalized spacial score (nSPS) is 21.3. The summed E-state index contributed by atoms with van der Waals surface area (Å²) >= 11 is 0. The SMILES string of the molecule is COC(=O)C(C(=O)OC)[C@@H](C)[C@H](NC(=O)[C@@H]1C[C@@H](O)CN1C(C)=O)C(=O)O. The zero-order valence-electron chi connectivity index (χ0n) is 15.5. The van der Waals surface area contributed by atoms with Gasteiger partial charge in [-0.15, -0.1) is 0 Å². The number of methoxy groups -OCH3 is 2. The highest BCUT2D eigenvalue weighted by molar-refractivity contribution is 5.97. The van der Waals surface area contributed by atoms with Crippen LogP contribution < -0.4 is 5.32 Å². The van der Waals surface area contributed by atoms with Crippen LogP contribution >= 0.6 is 0 Å². The smallest absolute Gasteiger partial charge is 0.326 e. The van der Waals surface area contributed by atoms with Gasteiger partial charge in [0.25, 0.3) is 0 Å². The Bertz CT molecular complexity index is 605. The number of carboxylic acid groups (broad SMARTS) is 1. The summed E-state index contributed by atoms with van der Waals surface area (Å²) in [6.07, 6.45) is -0.966. The topological polar surface area (TPSA) is 160 Å². The summed E-state index contributed by atoms with van der Waals surface area (Å²) in [7, 11) is 2.06. The summed E-state index contributed by atoms with van der Waals surface area (Å²) in [6.45, 7) is 2.46. The van der Waals surface area contributed by atoms with Gasteiger partial charge >= 0.3 is 17.9 Å². The second-order valence-corrected chi connectivity index (χ2v) is 6.28. The van der Waals surface area contributed by atoms with E-state index in [1.807, 2.05) is 0 Å². The quantitative estimate of drug-likeness (QED) is 0.335. The molecule has 1 rings (SSSR count). The number of amides is 2. The van der Waals surface area contributed by atoms with Crippen LogP contribution in [0, 0.1) is 11.8 Å². The minimum atomic E-state index is -1.63. The van der Waals surface area contributed by atoms with Crippen LogP contribution in [0.15, 0.2) is 0 Å². The first-order valence-electron chi connectivity index (χ1n) is 8.19. The Morgan fingerprint density at radius 3 is 2.04 bits per heavy atom. The van der Waals surface area contributed by atoms with Gasteiger partial charge in [0, 0.05) is 25.8 Å². The molecule has 1 aliphatic heterocycles. The van der Waals surface area contributed by atoms with Crippen molar-refractivity contribution in [2.75, 3.05) is 20.8 Å². The number of nitrogens with one attached hydrogen (secondary N) is 1. The molecule has 0 spiro atoms. The van der Waals surface area contributed by atoms with E-state index in [4.69, 9.17) is 0 Å². The average Bonchev–Trinajstić information content (AvgIpc) is 3.00. The second-order valence-electron chi connectivity index (χ2n) is 6.28. The van der Waals surface area contributed by atoms with E-state index in [0.717, 1.165) is 19.1 Å². The van der Waals surface area contributed by atoms with Crippen molar-refractivity contribution in [1.82, 2.24) is 10.2 Å². The number of aliphatic carboxylic acids is 1. The molecule has 11 heteroatoms. The lowest BCUT2D eigenvalue weighted by Gasteiger charge is -2.28. The maximum atomic E-state index is 12.5. The summed E-state index contributed by atoms with van der Waals surface area (Å²) in [5, 5.41) is 21.4. The second kappa shape index (κ2) is 9.31.